The monoisotopic (exact) mass is 370 g/mol. The van der Waals surface area contributed by atoms with Crippen molar-refractivity contribution in [2.24, 2.45) is 4.99 Å². The molecule has 0 radical (unpaired) electrons. The maximum absolute atomic E-state index is 13.8. The number of aliphatic imine (C=N–C) groups is 1. The van der Waals surface area contributed by atoms with Gasteiger partial charge in [-0.3, -0.25) is 9.89 Å². The molecule has 0 amide bonds. The van der Waals surface area contributed by atoms with E-state index in [2.05, 4.69) is 44.8 Å². The molecule has 144 valence electrons. The highest BCUT2D eigenvalue weighted by Gasteiger charge is 2.22. The Kier molecular flexibility index (Phi) is 7.19. The third-order valence-electron chi connectivity index (χ3n) is 4.76. The molecule has 2 N–H and O–H groups in total. The van der Waals surface area contributed by atoms with E-state index in [-0.39, 0.29) is 11.9 Å². The molecule has 6 heteroatoms. The summed E-state index contributed by atoms with van der Waals surface area (Å²) in [5.74, 6) is 0.448. The van der Waals surface area contributed by atoms with E-state index in [1.54, 1.807) is 19.2 Å². The molecule has 0 spiro atoms. The first kappa shape index (κ1) is 19.3. The number of morpholine rings is 1. The average Bonchev–Trinajstić information content (AvgIpc) is 2.73. The second-order valence-electron chi connectivity index (χ2n) is 6.47. The van der Waals surface area contributed by atoms with Gasteiger partial charge in [-0.15, -0.1) is 0 Å². The highest BCUT2D eigenvalue weighted by molar-refractivity contribution is 5.79. The fraction of sp³-hybridized carbons (Fsp3) is 0.381. The minimum Gasteiger partial charge on any atom is -0.379 e. The summed E-state index contributed by atoms with van der Waals surface area (Å²) in [5, 5.41) is 6.58. The summed E-state index contributed by atoms with van der Waals surface area (Å²) in [6.45, 7) is 4.42. The maximum Gasteiger partial charge on any atom is 0.191 e. The minimum absolute atomic E-state index is 0.212. The lowest BCUT2D eigenvalue weighted by Gasteiger charge is -2.35. The van der Waals surface area contributed by atoms with Gasteiger partial charge in [0.1, 0.15) is 5.82 Å². The molecular weight excluding hydrogens is 343 g/mol. The number of hydrogen-bond acceptors (Lipinski definition) is 3. The van der Waals surface area contributed by atoms with E-state index < -0.39 is 0 Å². The lowest BCUT2D eigenvalue weighted by molar-refractivity contribution is 0.0170. The van der Waals surface area contributed by atoms with Gasteiger partial charge in [-0.1, -0.05) is 48.5 Å². The van der Waals surface area contributed by atoms with Crippen LogP contribution in [0.3, 0.4) is 0 Å². The van der Waals surface area contributed by atoms with Crippen LogP contribution in [0.2, 0.25) is 0 Å². The normalized spacial score (nSPS) is 16.7. The van der Waals surface area contributed by atoms with Gasteiger partial charge in [0.2, 0.25) is 0 Å². The van der Waals surface area contributed by atoms with Crippen molar-refractivity contribution in [2.45, 2.75) is 12.6 Å². The fourth-order valence-electron chi connectivity index (χ4n) is 3.26. The third kappa shape index (κ3) is 5.52. The molecule has 5 nitrogen and oxygen atoms in total. The van der Waals surface area contributed by atoms with Crippen LogP contribution >= 0.6 is 0 Å². The van der Waals surface area contributed by atoms with Gasteiger partial charge < -0.3 is 15.4 Å². The Morgan fingerprint density at radius 2 is 1.78 bits per heavy atom. The van der Waals surface area contributed by atoms with Crippen molar-refractivity contribution < 1.29 is 9.13 Å². The van der Waals surface area contributed by atoms with Gasteiger partial charge in [0.25, 0.3) is 0 Å². The summed E-state index contributed by atoms with van der Waals surface area (Å²) in [6, 6.07) is 17.5. The Morgan fingerprint density at radius 3 is 2.48 bits per heavy atom. The topological polar surface area (TPSA) is 48.9 Å². The largest absolute Gasteiger partial charge is 0.379 e. The van der Waals surface area contributed by atoms with Crippen molar-refractivity contribution in [3.8, 4) is 0 Å². The third-order valence-corrected chi connectivity index (χ3v) is 4.76. The van der Waals surface area contributed by atoms with Crippen LogP contribution in [0.5, 0.6) is 0 Å². The molecule has 1 saturated heterocycles. The van der Waals surface area contributed by atoms with Crippen LogP contribution in [0.4, 0.5) is 4.39 Å². The number of hydrogen-bond donors (Lipinski definition) is 2. The van der Waals surface area contributed by atoms with Crippen LogP contribution in [0.25, 0.3) is 0 Å². The van der Waals surface area contributed by atoms with Gasteiger partial charge in [0, 0.05) is 38.8 Å². The highest BCUT2D eigenvalue weighted by Crippen LogP contribution is 2.21. The van der Waals surface area contributed by atoms with E-state index >= 15 is 0 Å². The van der Waals surface area contributed by atoms with Crippen LogP contribution in [0.1, 0.15) is 17.2 Å². The molecule has 1 fully saturated rings. The molecule has 1 aliphatic rings. The van der Waals surface area contributed by atoms with Crippen LogP contribution in [-0.2, 0) is 11.3 Å². The Morgan fingerprint density at radius 1 is 1.07 bits per heavy atom. The van der Waals surface area contributed by atoms with Crippen molar-refractivity contribution in [3.63, 3.8) is 0 Å². The molecule has 1 heterocycles. The van der Waals surface area contributed by atoms with Gasteiger partial charge in [-0.2, -0.15) is 0 Å². The molecular formula is C21H27FN4O. The molecule has 0 aromatic heterocycles. The van der Waals surface area contributed by atoms with Gasteiger partial charge in [0.05, 0.1) is 19.3 Å². The molecule has 0 saturated carbocycles. The number of nitrogens with one attached hydrogen (secondary N) is 2. The Balaban J connectivity index is 1.62. The zero-order chi connectivity index (χ0) is 18.9. The molecule has 0 aliphatic carbocycles. The van der Waals surface area contributed by atoms with Gasteiger partial charge >= 0.3 is 0 Å². The zero-order valence-corrected chi connectivity index (χ0v) is 15.7. The zero-order valence-electron chi connectivity index (χ0n) is 15.7. The van der Waals surface area contributed by atoms with Crippen molar-refractivity contribution in [1.29, 1.82) is 0 Å². The average molecular weight is 370 g/mol. The van der Waals surface area contributed by atoms with E-state index in [4.69, 9.17) is 4.74 Å². The molecule has 2 aromatic rings. The Labute approximate surface area is 160 Å². The molecule has 1 aliphatic heterocycles. The maximum atomic E-state index is 13.8. The van der Waals surface area contributed by atoms with E-state index in [0.717, 1.165) is 26.3 Å². The lowest BCUT2D eigenvalue weighted by atomic mass is 10.0. The highest BCUT2D eigenvalue weighted by atomic mass is 19.1. The summed E-state index contributed by atoms with van der Waals surface area (Å²) in [7, 11) is 1.73. The molecule has 3 rings (SSSR count). The molecule has 1 unspecified atom stereocenters. The second kappa shape index (κ2) is 10.0. The van der Waals surface area contributed by atoms with Crippen LogP contribution < -0.4 is 10.6 Å². The van der Waals surface area contributed by atoms with Crippen molar-refractivity contribution in [1.82, 2.24) is 15.5 Å². The first-order valence-electron chi connectivity index (χ1n) is 9.32. The fourth-order valence-corrected chi connectivity index (χ4v) is 3.26. The predicted molar refractivity (Wildman–Crippen MR) is 106 cm³/mol. The SMILES string of the molecule is CN=C(NCc1ccccc1F)NCC(c1ccccc1)N1CCOCC1. The minimum atomic E-state index is -0.212. The standard InChI is InChI=1S/C21H27FN4O/c1-23-21(24-15-18-9-5-6-10-19(18)22)25-16-20(17-7-3-2-4-8-17)26-11-13-27-14-12-26/h2-10,20H,11-16H2,1H3,(H2,23,24,25). The molecule has 27 heavy (non-hydrogen) atoms. The van der Waals surface area contributed by atoms with Crippen LogP contribution in [-0.4, -0.2) is 50.8 Å². The van der Waals surface area contributed by atoms with Crippen LogP contribution in [0, 0.1) is 5.82 Å². The van der Waals surface area contributed by atoms with E-state index in [0.29, 0.717) is 24.6 Å². The van der Waals surface area contributed by atoms with E-state index in [9.17, 15) is 4.39 Å². The second-order valence-corrected chi connectivity index (χ2v) is 6.47. The Hall–Kier alpha value is -2.44. The number of halogens is 1. The summed E-state index contributed by atoms with van der Waals surface area (Å²) in [4.78, 5) is 6.70. The first-order valence-corrected chi connectivity index (χ1v) is 9.32. The number of nitrogens with zero attached hydrogens (tertiary/aromatic N) is 2. The lowest BCUT2D eigenvalue weighted by Crippen LogP contribution is -2.46. The van der Waals surface area contributed by atoms with Gasteiger partial charge in [0.15, 0.2) is 5.96 Å². The number of ether oxygens (including phenoxy) is 1. The predicted octanol–water partition coefficient (Wildman–Crippen LogP) is 2.56. The number of guanidine groups is 1. The molecule has 0 bridgehead atoms. The van der Waals surface area contributed by atoms with E-state index in [1.807, 2.05) is 12.1 Å². The summed E-state index contributed by atoms with van der Waals surface area (Å²) in [6.07, 6.45) is 0. The Bertz CT molecular complexity index is 732. The first-order chi connectivity index (χ1) is 13.3. The number of benzene rings is 2. The van der Waals surface area contributed by atoms with Crippen molar-refractivity contribution >= 4 is 5.96 Å². The smallest absolute Gasteiger partial charge is 0.191 e. The van der Waals surface area contributed by atoms with Crippen LogP contribution in [0.15, 0.2) is 59.6 Å². The molecule has 1 atom stereocenters. The van der Waals surface area contributed by atoms with E-state index in [1.165, 1.54) is 11.6 Å². The van der Waals surface area contributed by atoms with Crippen molar-refractivity contribution in [3.05, 3.63) is 71.5 Å². The molecule has 2 aromatic carbocycles. The summed E-state index contributed by atoms with van der Waals surface area (Å²) < 4.78 is 19.3. The number of rotatable bonds is 6. The van der Waals surface area contributed by atoms with Crippen molar-refractivity contribution in [2.75, 3.05) is 39.9 Å². The summed E-state index contributed by atoms with van der Waals surface area (Å²) in [5.41, 5.74) is 1.88. The summed E-state index contributed by atoms with van der Waals surface area (Å²) >= 11 is 0. The van der Waals surface area contributed by atoms with Gasteiger partial charge in [-0.05, 0) is 11.6 Å². The quantitative estimate of drug-likeness (QED) is 0.606. The van der Waals surface area contributed by atoms with Gasteiger partial charge in [-0.25, -0.2) is 4.39 Å².